The number of aryl methyl sites for hydroxylation is 1. The molecule has 0 amide bonds. The van der Waals surface area contributed by atoms with E-state index in [0.717, 1.165) is 33.4 Å². The van der Waals surface area contributed by atoms with E-state index in [1.54, 1.807) is 0 Å². The highest BCUT2D eigenvalue weighted by Crippen LogP contribution is 2.17. The van der Waals surface area contributed by atoms with Crippen molar-refractivity contribution in [3.63, 3.8) is 0 Å². The van der Waals surface area contributed by atoms with Crippen LogP contribution in [0.4, 0.5) is 0 Å². The number of nitrogens with one attached hydrogen (secondary N) is 1. The lowest BCUT2D eigenvalue weighted by atomic mass is 10.3. The quantitative estimate of drug-likeness (QED) is 0.301. The van der Waals surface area contributed by atoms with Crippen molar-refractivity contribution in [3.05, 3.63) is 46.3 Å². The number of nitrogens with zero attached hydrogens (tertiary/aromatic N) is 3. The second-order valence-corrected chi connectivity index (χ2v) is 6.06. The number of rotatable bonds is 5. The molecule has 2 aromatic heterocycles. The Morgan fingerprint density at radius 2 is 2.23 bits per heavy atom. The summed E-state index contributed by atoms with van der Waals surface area (Å²) in [5.74, 6) is 0.445. The average Bonchev–Trinajstić information content (AvgIpc) is 2.79. The van der Waals surface area contributed by atoms with Gasteiger partial charge in [0.05, 0.1) is 12.2 Å². The largest absolute Gasteiger partial charge is 0.370 e. The first kappa shape index (κ1) is 19.0. The third-order valence-corrected chi connectivity index (χ3v) is 3.39. The lowest BCUT2D eigenvalue weighted by Crippen LogP contribution is -2.33. The molecule has 0 saturated heterocycles. The second-order valence-electron chi connectivity index (χ2n) is 5.14. The fraction of sp³-hybridized carbons (Fsp3) is 0.333. The van der Waals surface area contributed by atoms with E-state index in [1.807, 2.05) is 23.7 Å². The van der Waals surface area contributed by atoms with Gasteiger partial charge in [-0.05, 0) is 41.4 Å². The Balaban J connectivity index is 0.00000242. The summed E-state index contributed by atoms with van der Waals surface area (Å²) in [6, 6.07) is 2.06. The standard InChI is InChI=1S/C15H20BrN5.HI/c1-10(2)7-19-15(17)18-5-4-13-9-21-8-12(16)6-11(3)14(21)20-13;/h6,8-9H,1,4-5,7H2,2-3H3,(H3,17,18,19);1H. The zero-order valence-electron chi connectivity index (χ0n) is 12.8. The van der Waals surface area contributed by atoms with E-state index >= 15 is 0 Å². The van der Waals surface area contributed by atoms with E-state index in [9.17, 15) is 0 Å². The van der Waals surface area contributed by atoms with Gasteiger partial charge in [-0.25, -0.2) is 9.98 Å². The first-order chi connectivity index (χ1) is 9.95. The zero-order chi connectivity index (χ0) is 15.4. The molecular formula is C15H21BrIN5. The molecule has 120 valence electrons. The van der Waals surface area contributed by atoms with Crippen LogP contribution in [-0.4, -0.2) is 28.4 Å². The van der Waals surface area contributed by atoms with E-state index in [2.05, 4.69) is 50.8 Å². The van der Waals surface area contributed by atoms with Crippen LogP contribution in [0.1, 0.15) is 18.2 Å². The highest BCUT2D eigenvalue weighted by molar-refractivity contribution is 14.0. The van der Waals surface area contributed by atoms with Crippen molar-refractivity contribution < 1.29 is 0 Å². The Kier molecular flexibility index (Phi) is 7.34. The molecule has 5 nitrogen and oxygen atoms in total. The van der Waals surface area contributed by atoms with Crippen molar-refractivity contribution in [1.29, 1.82) is 0 Å². The Hall–Kier alpha value is -1.09. The van der Waals surface area contributed by atoms with Gasteiger partial charge in [-0.2, -0.15) is 0 Å². The molecule has 2 heterocycles. The molecule has 2 rings (SSSR count). The summed E-state index contributed by atoms with van der Waals surface area (Å²) in [5.41, 5.74) is 9.91. The summed E-state index contributed by atoms with van der Waals surface area (Å²) in [5, 5.41) is 3.08. The fourth-order valence-electron chi connectivity index (χ4n) is 1.99. The first-order valence-corrected chi connectivity index (χ1v) is 7.57. The van der Waals surface area contributed by atoms with Crippen LogP contribution in [0, 0.1) is 6.92 Å². The molecule has 0 aliphatic carbocycles. The summed E-state index contributed by atoms with van der Waals surface area (Å²) < 4.78 is 3.08. The van der Waals surface area contributed by atoms with E-state index in [0.29, 0.717) is 19.0 Å². The number of hydrogen-bond donors (Lipinski definition) is 2. The molecule has 0 radical (unpaired) electrons. The number of guanidine groups is 1. The van der Waals surface area contributed by atoms with Crippen LogP contribution in [0.2, 0.25) is 0 Å². The number of pyridine rings is 1. The lowest BCUT2D eigenvalue weighted by Gasteiger charge is -2.03. The number of nitrogens with two attached hydrogens (primary N) is 1. The van der Waals surface area contributed by atoms with Crippen molar-refractivity contribution in [1.82, 2.24) is 14.7 Å². The van der Waals surface area contributed by atoms with E-state index in [4.69, 9.17) is 5.73 Å². The van der Waals surface area contributed by atoms with Crippen LogP contribution in [0.15, 0.2) is 40.1 Å². The Labute approximate surface area is 156 Å². The summed E-state index contributed by atoms with van der Waals surface area (Å²) in [7, 11) is 0. The van der Waals surface area contributed by atoms with Gasteiger partial charge in [-0.15, -0.1) is 24.0 Å². The molecule has 0 aliphatic heterocycles. The van der Waals surface area contributed by atoms with Gasteiger partial charge in [0.1, 0.15) is 5.65 Å². The minimum atomic E-state index is 0. The third-order valence-electron chi connectivity index (χ3n) is 2.96. The van der Waals surface area contributed by atoms with Crippen LogP contribution < -0.4 is 11.1 Å². The number of fused-ring (bicyclic) bond motifs is 1. The van der Waals surface area contributed by atoms with Gasteiger partial charge in [0, 0.05) is 29.8 Å². The maximum atomic E-state index is 5.77. The van der Waals surface area contributed by atoms with Gasteiger partial charge in [0.25, 0.3) is 0 Å². The van der Waals surface area contributed by atoms with Crippen LogP contribution in [0.3, 0.4) is 0 Å². The molecule has 22 heavy (non-hydrogen) atoms. The molecule has 7 heteroatoms. The van der Waals surface area contributed by atoms with E-state index in [1.165, 1.54) is 0 Å². The highest BCUT2D eigenvalue weighted by atomic mass is 127. The summed E-state index contributed by atoms with van der Waals surface area (Å²) in [4.78, 5) is 8.81. The number of aliphatic imine (C=N–C) groups is 1. The molecule has 0 saturated carbocycles. The second kappa shape index (κ2) is 8.52. The maximum absolute atomic E-state index is 5.77. The van der Waals surface area contributed by atoms with Gasteiger partial charge >= 0.3 is 0 Å². The van der Waals surface area contributed by atoms with Gasteiger partial charge < -0.3 is 15.5 Å². The molecule has 3 N–H and O–H groups in total. The smallest absolute Gasteiger partial charge is 0.188 e. The fourth-order valence-corrected chi connectivity index (χ4v) is 2.56. The zero-order valence-corrected chi connectivity index (χ0v) is 16.7. The third kappa shape index (κ3) is 5.28. The van der Waals surface area contributed by atoms with Gasteiger partial charge in [-0.3, -0.25) is 0 Å². The summed E-state index contributed by atoms with van der Waals surface area (Å²) >= 11 is 3.49. The Morgan fingerprint density at radius 1 is 1.50 bits per heavy atom. The number of halogens is 2. The topological polar surface area (TPSA) is 67.7 Å². The minimum absolute atomic E-state index is 0. The molecule has 0 atom stereocenters. The maximum Gasteiger partial charge on any atom is 0.188 e. The summed E-state index contributed by atoms with van der Waals surface area (Å²) in [6.45, 7) is 9.02. The Bertz CT molecular complexity index is 693. The van der Waals surface area contributed by atoms with Crippen molar-refractivity contribution in [2.75, 3.05) is 13.1 Å². The predicted molar refractivity (Wildman–Crippen MR) is 106 cm³/mol. The highest BCUT2D eigenvalue weighted by Gasteiger charge is 2.05. The predicted octanol–water partition coefficient (Wildman–Crippen LogP) is 3.05. The minimum Gasteiger partial charge on any atom is -0.370 e. The van der Waals surface area contributed by atoms with Crippen LogP contribution >= 0.6 is 39.9 Å². The average molecular weight is 478 g/mol. The van der Waals surface area contributed by atoms with Crippen molar-refractivity contribution in [2.45, 2.75) is 20.3 Å². The molecule has 0 fully saturated rings. The molecule has 0 bridgehead atoms. The molecule has 0 spiro atoms. The van der Waals surface area contributed by atoms with Crippen molar-refractivity contribution in [3.8, 4) is 0 Å². The van der Waals surface area contributed by atoms with Crippen LogP contribution in [-0.2, 0) is 6.42 Å². The van der Waals surface area contributed by atoms with E-state index < -0.39 is 0 Å². The molecular weight excluding hydrogens is 457 g/mol. The van der Waals surface area contributed by atoms with Crippen molar-refractivity contribution in [2.24, 2.45) is 10.7 Å². The SMILES string of the molecule is C=C(C)CN=C(N)NCCc1cn2cc(Br)cc(C)c2n1.I. The lowest BCUT2D eigenvalue weighted by molar-refractivity contribution is 0.837. The molecule has 0 aromatic carbocycles. The molecule has 2 aromatic rings. The summed E-state index contributed by atoms with van der Waals surface area (Å²) in [6.07, 6.45) is 4.84. The molecule has 0 aliphatic rings. The molecule has 0 unspecified atom stereocenters. The van der Waals surface area contributed by atoms with Gasteiger partial charge in [0.15, 0.2) is 5.96 Å². The number of hydrogen-bond acceptors (Lipinski definition) is 2. The van der Waals surface area contributed by atoms with Crippen molar-refractivity contribution >= 4 is 51.5 Å². The first-order valence-electron chi connectivity index (χ1n) is 6.77. The van der Waals surface area contributed by atoms with E-state index in [-0.39, 0.29) is 24.0 Å². The normalized spacial score (nSPS) is 11.3. The van der Waals surface area contributed by atoms with Gasteiger partial charge in [0.2, 0.25) is 0 Å². The number of imidazole rings is 1. The Morgan fingerprint density at radius 3 is 2.91 bits per heavy atom. The number of aromatic nitrogens is 2. The van der Waals surface area contributed by atoms with Crippen LogP contribution in [0.25, 0.3) is 5.65 Å². The van der Waals surface area contributed by atoms with Gasteiger partial charge in [-0.1, -0.05) is 12.2 Å². The monoisotopic (exact) mass is 477 g/mol. The van der Waals surface area contributed by atoms with Crippen LogP contribution in [0.5, 0.6) is 0 Å².